The number of methoxy groups -OCH3 is 1. The standard InChI is InChI=1S/C20H18N4O2S/c1-12-10-17-22-23-20(24(17)16-11-14(26-2)8-9-15(12)16)27-18(19(21)25)13-6-4-3-5-7-13/h3-11,18H,1-2H3,(H2,21,25). The molecule has 2 aromatic heterocycles. The lowest BCUT2D eigenvalue weighted by Gasteiger charge is -2.13. The molecule has 6 nitrogen and oxygen atoms in total. The van der Waals surface area contributed by atoms with Gasteiger partial charge >= 0.3 is 0 Å². The number of primary amides is 1. The summed E-state index contributed by atoms with van der Waals surface area (Å²) in [6, 6.07) is 17.3. The lowest BCUT2D eigenvalue weighted by molar-refractivity contribution is -0.117. The molecule has 4 aromatic rings. The molecule has 0 aliphatic rings. The molecular formula is C20H18N4O2S. The van der Waals surface area contributed by atoms with Crippen LogP contribution in [0.25, 0.3) is 16.6 Å². The van der Waals surface area contributed by atoms with E-state index >= 15 is 0 Å². The number of fused-ring (bicyclic) bond motifs is 3. The summed E-state index contributed by atoms with van der Waals surface area (Å²) in [5.74, 6) is 0.325. The van der Waals surface area contributed by atoms with E-state index in [4.69, 9.17) is 10.5 Å². The Morgan fingerprint density at radius 1 is 1.15 bits per heavy atom. The summed E-state index contributed by atoms with van der Waals surface area (Å²) < 4.78 is 7.32. The number of benzene rings is 2. The fourth-order valence-electron chi connectivity index (χ4n) is 3.13. The summed E-state index contributed by atoms with van der Waals surface area (Å²) in [5, 5.41) is 9.73. The number of carbonyl (C=O) groups excluding carboxylic acids is 1. The van der Waals surface area contributed by atoms with Crippen LogP contribution < -0.4 is 10.5 Å². The van der Waals surface area contributed by atoms with E-state index in [1.807, 2.05) is 65.9 Å². The first-order chi connectivity index (χ1) is 13.1. The predicted octanol–water partition coefficient (Wildman–Crippen LogP) is 3.52. The van der Waals surface area contributed by atoms with Crippen LogP contribution >= 0.6 is 11.8 Å². The molecule has 0 aliphatic carbocycles. The molecule has 27 heavy (non-hydrogen) atoms. The second-order valence-electron chi connectivity index (χ2n) is 6.20. The Balaban J connectivity index is 1.89. The summed E-state index contributed by atoms with van der Waals surface area (Å²) in [4.78, 5) is 12.1. The minimum atomic E-state index is -0.555. The number of aryl methyl sites for hydroxylation is 1. The molecule has 0 fully saturated rings. The van der Waals surface area contributed by atoms with Crippen LogP contribution in [0.4, 0.5) is 0 Å². The van der Waals surface area contributed by atoms with Gasteiger partial charge in [-0.1, -0.05) is 42.1 Å². The number of nitrogens with zero attached hydrogens (tertiary/aromatic N) is 3. The molecule has 4 rings (SSSR count). The zero-order valence-electron chi connectivity index (χ0n) is 14.9. The molecule has 2 N–H and O–H groups in total. The first-order valence-electron chi connectivity index (χ1n) is 8.42. The Labute approximate surface area is 160 Å². The maximum Gasteiger partial charge on any atom is 0.235 e. The molecular weight excluding hydrogens is 360 g/mol. The fraction of sp³-hybridized carbons (Fsp3) is 0.150. The minimum absolute atomic E-state index is 0.419. The Hall–Kier alpha value is -3.06. The number of thioether (sulfide) groups is 1. The molecule has 0 aliphatic heterocycles. The first kappa shape index (κ1) is 17.4. The van der Waals surface area contributed by atoms with E-state index in [2.05, 4.69) is 10.2 Å². The highest BCUT2D eigenvalue weighted by Gasteiger charge is 2.23. The van der Waals surface area contributed by atoms with Crippen LogP contribution in [0, 0.1) is 6.92 Å². The molecule has 0 saturated carbocycles. The largest absolute Gasteiger partial charge is 0.497 e. The van der Waals surface area contributed by atoms with Crippen LogP contribution in [0.3, 0.4) is 0 Å². The average Bonchev–Trinajstić information content (AvgIpc) is 3.09. The third-order valence-corrected chi connectivity index (χ3v) is 5.67. The van der Waals surface area contributed by atoms with Gasteiger partial charge in [-0.25, -0.2) is 0 Å². The van der Waals surface area contributed by atoms with Crippen LogP contribution in [0.15, 0.2) is 59.8 Å². The molecule has 0 radical (unpaired) electrons. The summed E-state index contributed by atoms with van der Waals surface area (Å²) in [6.07, 6.45) is 0. The highest BCUT2D eigenvalue weighted by molar-refractivity contribution is 8.00. The zero-order chi connectivity index (χ0) is 19.0. The summed E-state index contributed by atoms with van der Waals surface area (Å²) in [5.41, 5.74) is 9.24. The summed E-state index contributed by atoms with van der Waals surface area (Å²) in [6.45, 7) is 2.03. The SMILES string of the molecule is COc1ccc2c(C)cc3nnc(SC(C(N)=O)c4ccccc4)n3c2c1. The number of hydrogen-bond donors (Lipinski definition) is 1. The Kier molecular flexibility index (Phi) is 4.45. The second kappa shape index (κ2) is 6.92. The third kappa shape index (κ3) is 3.10. The van der Waals surface area contributed by atoms with Gasteiger partial charge in [0.2, 0.25) is 5.91 Å². The van der Waals surface area contributed by atoms with E-state index < -0.39 is 11.2 Å². The van der Waals surface area contributed by atoms with Crippen molar-refractivity contribution >= 4 is 34.2 Å². The third-order valence-electron chi connectivity index (χ3n) is 4.46. The molecule has 0 spiro atoms. The van der Waals surface area contributed by atoms with Gasteiger partial charge in [0, 0.05) is 11.5 Å². The van der Waals surface area contributed by atoms with Crippen molar-refractivity contribution < 1.29 is 9.53 Å². The number of carbonyl (C=O) groups is 1. The lowest BCUT2D eigenvalue weighted by Crippen LogP contribution is -2.19. The Bertz CT molecular complexity index is 1140. The number of nitrogens with two attached hydrogens (primary N) is 1. The van der Waals surface area contributed by atoms with Crippen LogP contribution in [-0.2, 0) is 4.79 Å². The Morgan fingerprint density at radius 3 is 2.63 bits per heavy atom. The maximum absolute atomic E-state index is 12.1. The van der Waals surface area contributed by atoms with Gasteiger partial charge in [0.1, 0.15) is 11.0 Å². The smallest absolute Gasteiger partial charge is 0.235 e. The normalized spacial score (nSPS) is 12.4. The highest BCUT2D eigenvalue weighted by Crippen LogP contribution is 2.36. The number of amides is 1. The summed E-state index contributed by atoms with van der Waals surface area (Å²) in [7, 11) is 1.63. The molecule has 7 heteroatoms. The topological polar surface area (TPSA) is 82.5 Å². The molecule has 0 bridgehead atoms. The highest BCUT2D eigenvalue weighted by atomic mass is 32.2. The van der Waals surface area contributed by atoms with Crippen molar-refractivity contribution in [2.24, 2.45) is 5.73 Å². The van der Waals surface area contributed by atoms with Gasteiger partial charge in [-0.3, -0.25) is 9.20 Å². The lowest BCUT2D eigenvalue weighted by atomic mass is 10.1. The Morgan fingerprint density at radius 2 is 1.93 bits per heavy atom. The van der Waals surface area contributed by atoms with E-state index in [0.29, 0.717) is 10.8 Å². The van der Waals surface area contributed by atoms with Crippen LogP contribution in [0.5, 0.6) is 5.75 Å². The van der Waals surface area contributed by atoms with Crippen molar-refractivity contribution in [1.82, 2.24) is 14.6 Å². The number of hydrogen-bond acceptors (Lipinski definition) is 5. The van der Waals surface area contributed by atoms with Crippen LogP contribution in [0.1, 0.15) is 16.4 Å². The van der Waals surface area contributed by atoms with Crippen molar-refractivity contribution in [2.45, 2.75) is 17.3 Å². The van der Waals surface area contributed by atoms with E-state index in [1.54, 1.807) is 7.11 Å². The van der Waals surface area contributed by atoms with Gasteiger partial charge < -0.3 is 10.5 Å². The van der Waals surface area contributed by atoms with Gasteiger partial charge in [0.15, 0.2) is 10.8 Å². The molecule has 2 heterocycles. The van der Waals surface area contributed by atoms with Crippen LogP contribution in [-0.4, -0.2) is 27.6 Å². The molecule has 1 atom stereocenters. The van der Waals surface area contributed by atoms with Crippen LogP contribution in [0.2, 0.25) is 0 Å². The second-order valence-corrected chi connectivity index (χ2v) is 7.27. The first-order valence-corrected chi connectivity index (χ1v) is 9.30. The van der Waals surface area contributed by atoms with Crippen molar-refractivity contribution in [3.05, 3.63) is 65.7 Å². The monoisotopic (exact) mass is 378 g/mol. The van der Waals surface area contributed by atoms with E-state index in [1.165, 1.54) is 11.8 Å². The molecule has 1 amide bonds. The van der Waals surface area contributed by atoms with Gasteiger partial charge in [-0.15, -0.1) is 10.2 Å². The van der Waals surface area contributed by atoms with Gasteiger partial charge in [0.25, 0.3) is 0 Å². The average molecular weight is 378 g/mol. The minimum Gasteiger partial charge on any atom is -0.497 e. The molecule has 1 unspecified atom stereocenters. The van der Waals surface area contributed by atoms with Crippen molar-refractivity contribution in [3.8, 4) is 5.75 Å². The van der Waals surface area contributed by atoms with Gasteiger partial charge in [-0.05, 0) is 36.2 Å². The van der Waals surface area contributed by atoms with Gasteiger partial charge in [0.05, 0.1) is 12.6 Å². The van der Waals surface area contributed by atoms with Crippen molar-refractivity contribution in [1.29, 1.82) is 0 Å². The number of aromatic nitrogens is 3. The maximum atomic E-state index is 12.1. The van der Waals surface area contributed by atoms with E-state index in [-0.39, 0.29) is 0 Å². The molecule has 0 saturated heterocycles. The number of rotatable bonds is 5. The van der Waals surface area contributed by atoms with E-state index in [9.17, 15) is 4.79 Å². The fourth-order valence-corrected chi connectivity index (χ4v) is 4.13. The van der Waals surface area contributed by atoms with E-state index in [0.717, 1.165) is 27.8 Å². The summed E-state index contributed by atoms with van der Waals surface area (Å²) >= 11 is 1.29. The van der Waals surface area contributed by atoms with Crippen molar-refractivity contribution in [3.63, 3.8) is 0 Å². The zero-order valence-corrected chi connectivity index (χ0v) is 15.7. The van der Waals surface area contributed by atoms with Gasteiger partial charge in [-0.2, -0.15) is 0 Å². The van der Waals surface area contributed by atoms with Crippen molar-refractivity contribution in [2.75, 3.05) is 7.11 Å². The number of pyridine rings is 1. The number of ether oxygens (including phenoxy) is 1. The molecule has 2 aromatic carbocycles. The quantitative estimate of drug-likeness (QED) is 0.537. The predicted molar refractivity (Wildman–Crippen MR) is 106 cm³/mol. The molecule has 136 valence electrons.